The van der Waals surface area contributed by atoms with Crippen molar-refractivity contribution in [3.05, 3.63) is 0 Å². The lowest BCUT2D eigenvalue weighted by Crippen LogP contribution is -2.51. The zero-order valence-electron chi connectivity index (χ0n) is 12.7. The Morgan fingerprint density at radius 1 is 0.952 bits per heavy atom. The third kappa shape index (κ3) is 5.05. The van der Waals surface area contributed by atoms with Gasteiger partial charge < -0.3 is 19.9 Å². The normalized spacial score (nSPS) is 13.5. The zero-order chi connectivity index (χ0) is 16.7. The summed E-state index contributed by atoms with van der Waals surface area (Å²) in [6.45, 7) is 4.55. The van der Waals surface area contributed by atoms with Crippen LogP contribution < -0.4 is 5.32 Å². The van der Waals surface area contributed by atoms with E-state index in [2.05, 4.69) is 14.8 Å². The van der Waals surface area contributed by atoms with E-state index in [1.54, 1.807) is 13.8 Å². The van der Waals surface area contributed by atoms with Crippen LogP contribution in [-0.2, 0) is 28.7 Å². The van der Waals surface area contributed by atoms with Gasteiger partial charge in [-0.15, -0.1) is 0 Å². The molecule has 0 saturated carbocycles. The summed E-state index contributed by atoms with van der Waals surface area (Å²) < 4.78 is 8.99. The van der Waals surface area contributed by atoms with E-state index in [0.29, 0.717) is 0 Å². The Kier molecular flexibility index (Phi) is 7.40. The number of aliphatic carboxylic acids is 1. The van der Waals surface area contributed by atoms with Gasteiger partial charge in [0.25, 0.3) is 0 Å². The van der Waals surface area contributed by atoms with Crippen LogP contribution in [0, 0.1) is 17.8 Å². The number of methoxy groups -OCH3 is 2. The molecule has 120 valence electrons. The highest BCUT2D eigenvalue weighted by atomic mass is 16.5. The molecule has 0 fully saturated rings. The fourth-order valence-electron chi connectivity index (χ4n) is 1.71. The maximum atomic E-state index is 11.7. The van der Waals surface area contributed by atoms with Gasteiger partial charge in [-0.1, -0.05) is 20.8 Å². The van der Waals surface area contributed by atoms with Crippen LogP contribution in [-0.4, -0.2) is 49.2 Å². The highest BCUT2D eigenvalue weighted by molar-refractivity contribution is 5.96. The van der Waals surface area contributed by atoms with Crippen molar-refractivity contribution < 1.29 is 33.8 Å². The number of ether oxygens (including phenoxy) is 2. The van der Waals surface area contributed by atoms with E-state index < -0.39 is 47.6 Å². The summed E-state index contributed by atoms with van der Waals surface area (Å²) in [6.07, 6.45) is 0. The molecular formula is C13H21NO7. The molecule has 0 aromatic rings. The SMILES string of the molecule is COC(=O)C(C(=O)OC)[C@H](C)[C@@H](NC(=O)C(C)C)C(=O)O. The number of hydrogen-bond donors (Lipinski definition) is 2. The first-order chi connectivity index (χ1) is 9.67. The molecule has 0 saturated heterocycles. The summed E-state index contributed by atoms with van der Waals surface area (Å²) >= 11 is 0. The van der Waals surface area contributed by atoms with Crippen LogP contribution in [0.3, 0.4) is 0 Å². The Labute approximate surface area is 122 Å². The second-order valence-corrected chi connectivity index (χ2v) is 4.86. The Morgan fingerprint density at radius 2 is 1.38 bits per heavy atom. The molecule has 0 rings (SSSR count). The summed E-state index contributed by atoms with van der Waals surface area (Å²) in [5.74, 6) is -6.59. The third-order valence-electron chi connectivity index (χ3n) is 3.05. The molecule has 2 N–H and O–H groups in total. The molecule has 8 heteroatoms. The first kappa shape index (κ1) is 18.9. The summed E-state index contributed by atoms with van der Waals surface area (Å²) in [6, 6.07) is -1.41. The van der Waals surface area contributed by atoms with Gasteiger partial charge in [-0.2, -0.15) is 0 Å². The van der Waals surface area contributed by atoms with E-state index in [4.69, 9.17) is 0 Å². The minimum atomic E-state index is -1.44. The van der Waals surface area contributed by atoms with Crippen molar-refractivity contribution in [1.29, 1.82) is 0 Å². The van der Waals surface area contributed by atoms with Crippen LogP contribution in [0.4, 0.5) is 0 Å². The van der Waals surface area contributed by atoms with Crippen LogP contribution in [0.5, 0.6) is 0 Å². The smallest absolute Gasteiger partial charge is 0.326 e. The molecule has 0 aromatic carbocycles. The molecule has 0 aromatic heterocycles. The first-order valence-corrected chi connectivity index (χ1v) is 6.36. The monoisotopic (exact) mass is 303 g/mol. The van der Waals surface area contributed by atoms with E-state index >= 15 is 0 Å². The highest BCUT2D eigenvalue weighted by Crippen LogP contribution is 2.20. The van der Waals surface area contributed by atoms with Crippen molar-refractivity contribution in [3.63, 3.8) is 0 Å². The lowest BCUT2D eigenvalue weighted by atomic mass is 9.87. The maximum Gasteiger partial charge on any atom is 0.326 e. The number of carboxylic acid groups (broad SMARTS) is 1. The average Bonchev–Trinajstić information content (AvgIpc) is 2.43. The number of nitrogens with one attached hydrogen (secondary N) is 1. The van der Waals surface area contributed by atoms with Gasteiger partial charge in [-0.25, -0.2) is 4.79 Å². The topological polar surface area (TPSA) is 119 Å². The van der Waals surface area contributed by atoms with Gasteiger partial charge >= 0.3 is 17.9 Å². The van der Waals surface area contributed by atoms with Crippen molar-refractivity contribution in [2.75, 3.05) is 14.2 Å². The number of carboxylic acids is 1. The van der Waals surface area contributed by atoms with Gasteiger partial charge in [0.1, 0.15) is 6.04 Å². The van der Waals surface area contributed by atoms with Gasteiger partial charge in [0, 0.05) is 11.8 Å². The second-order valence-electron chi connectivity index (χ2n) is 4.86. The summed E-state index contributed by atoms with van der Waals surface area (Å²) in [7, 11) is 2.15. The van der Waals surface area contributed by atoms with Gasteiger partial charge in [-0.3, -0.25) is 14.4 Å². The number of amides is 1. The van der Waals surface area contributed by atoms with E-state index in [-0.39, 0.29) is 0 Å². The molecule has 21 heavy (non-hydrogen) atoms. The van der Waals surface area contributed by atoms with E-state index in [0.717, 1.165) is 14.2 Å². The van der Waals surface area contributed by atoms with Crippen LogP contribution in [0.1, 0.15) is 20.8 Å². The summed E-state index contributed by atoms with van der Waals surface area (Å²) in [5, 5.41) is 11.5. The van der Waals surface area contributed by atoms with Gasteiger partial charge in [0.2, 0.25) is 5.91 Å². The van der Waals surface area contributed by atoms with Crippen molar-refractivity contribution in [2.24, 2.45) is 17.8 Å². The minimum Gasteiger partial charge on any atom is -0.480 e. The predicted octanol–water partition coefficient (Wildman–Crippen LogP) is -0.190. The lowest BCUT2D eigenvalue weighted by molar-refractivity contribution is -0.163. The molecule has 0 spiro atoms. The zero-order valence-corrected chi connectivity index (χ0v) is 12.7. The molecule has 0 aliphatic carbocycles. The van der Waals surface area contributed by atoms with Gasteiger partial charge in [-0.05, 0) is 0 Å². The number of esters is 2. The number of carbonyl (C=O) groups excluding carboxylic acids is 3. The molecule has 0 heterocycles. The summed E-state index contributed by atoms with van der Waals surface area (Å²) in [5.41, 5.74) is 0. The summed E-state index contributed by atoms with van der Waals surface area (Å²) in [4.78, 5) is 46.3. The Balaban J connectivity index is 5.36. The number of hydrogen-bond acceptors (Lipinski definition) is 6. The predicted molar refractivity (Wildman–Crippen MR) is 71.1 cm³/mol. The standard InChI is InChI=1S/C13H21NO7/c1-6(2)10(15)14-9(11(16)17)7(3)8(12(18)20-4)13(19)21-5/h6-9H,1-5H3,(H,14,15)(H,16,17)/t7-,9+/m0/s1. The Hall–Kier alpha value is -2.12. The van der Waals surface area contributed by atoms with Crippen LogP contribution >= 0.6 is 0 Å². The van der Waals surface area contributed by atoms with Crippen LogP contribution in [0.2, 0.25) is 0 Å². The lowest BCUT2D eigenvalue weighted by Gasteiger charge is -2.26. The fourth-order valence-corrected chi connectivity index (χ4v) is 1.71. The molecule has 0 bridgehead atoms. The second kappa shape index (κ2) is 8.23. The van der Waals surface area contributed by atoms with Crippen molar-refractivity contribution in [3.8, 4) is 0 Å². The molecule has 8 nitrogen and oxygen atoms in total. The molecular weight excluding hydrogens is 282 g/mol. The molecule has 1 amide bonds. The molecule has 0 radical (unpaired) electrons. The average molecular weight is 303 g/mol. The highest BCUT2D eigenvalue weighted by Gasteiger charge is 2.42. The molecule has 0 unspecified atom stereocenters. The van der Waals surface area contributed by atoms with Crippen LogP contribution in [0.15, 0.2) is 0 Å². The first-order valence-electron chi connectivity index (χ1n) is 6.36. The van der Waals surface area contributed by atoms with E-state index in [1.807, 2.05) is 0 Å². The minimum absolute atomic E-state index is 0.436. The maximum absolute atomic E-state index is 11.7. The Morgan fingerprint density at radius 3 is 1.67 bits per heavy atom. The molecule has 0 aliphatic heterocycles. The van der Waals surface area contributed by atoms with Crippen LogP contribution in [0.25, 0.3) is 0 Å². The largest absolute Gasteiger partial charge is 0.480 e. The molecule has 0 aliphatic rings. The third-order valence-corrected chi connectivity index (χ3v) is 3.05. The fraction of sp³-hybridized carbons (Fsp3) is 0.692. The van der Waals surface area contributed by atoms with Gasteiger partial charge in [0.15, 0.2) is 5.92 Å². The van der Waals surface area contributed by atoms with Crippen molar-refractivity contribution >= 4 is 23.8 Å². The quantitative estimate of drug-likeness (QED) is 0.494. The van der Waals surface area contributed by atoms with Crippen molar-refractivity contribution in [2.45, 2.75) is 26.8 Å². The van der Waals surface area contributed by atoms with E-state index in [1.165, 1.54) is 6.92 Å². The van der Waals surface area contributed by atoms with Gasteiger partial charge in [0.05, 0.1) is 14.2 Å². The number of carbonyl (C=O) groups is 4. The van der Waals surface area contributed by atoms with Crippen molar-refractivity contribution in [1.82, 2.24) is 5.32 Å². The Bertz CT molecular complexity index is 403. The number of rotatable bonds is 7. The molecule has 2 atom stereocenters. The van der Waals surface area contributed by atoms with E-state index in [9.17, 15) is 24.3 Å².